The van der Waals surface area contributed by atoms with E-state index in [9.17, 15) is 0 Å². The molecule has 6 heteroatoms. The lowest BCUT2D eigenvalue weighted by Gasteiger charge is -2.12. The maximum absolute atomic E-state index is 7.00. The second-order valence-corrected chi connectivity index (χ2v) is 14.5. The first-order chi connectivity index (χ1) is 29.2. The zero-order valence-corrected chi connectivity index (χ0v) is 31.7. The third kappa shape index (κ3) is 6.29. The summed E-state index contributed by atoms with van der Waals surface area (Å²) < 4.78 is 7.00. The second kappa shape index (κ2) is 14.4. The van der Waals surface area contributed by atoms with Gasteiger partial charge in [0.1, 0.15) is 11.3 Å². The van der Waals surface area contributed by atoms with E-state index in [1.807, 2.05) is 85.2 Å². The molecule has 5 heterocycles. The van der Waals surface area contributed by atoms with Crippen molar-refractivity contribution < 1.29 is 4.42 Å². The summed E-state index contributed by atoms with van der Waals surface area (Å²) >= 11 is 0. The van der Waals surface area contributed by atoms with Gasteiger partial charge in [-0.05, 0) is 76.0 Å². The number of aromatic nitrogens is 5. The summed E-state index contributed by atoms with van der Waals surface area (Å²) in [5.41, 5.74) is 13.3. The SMILES string of the molecule is c1ccc(-c2cc(-c3ccc(-c4ccc5c(c4)nc(-c4ccc6ccccc6c4)c4c(-c6ccncc6)c(-c6ccncc6)oc45)cc3)nc(-c3ccccc3)n2)cc1. The average molecular weight is 756 g/mol. The van der Waals surface area contributed by atoms with Crippen LogP contribution in [0.2, 0.25) is 0 Å². The molecule has 0 aliphatic rings. The Bertz CT molecular complexity index is 3240. The van der Waals surface area contributed by atoms with Gasteiger partial charge in [0.15, 0.2) is 5.82 Å². The Morgan fingerprint density at radius 1 is 0.373 bits per heavy atom. The Balaban J connectivity index is 1.07. The van der Waals surface area contributed by atoms with Crippen molar-refractivity contribution in [3.05, 3.63) is 201 Å². The van der Waals surface area contributed by atoms with Crippen LogP contribution in [-0.4, -0.2) is 24.9 Å². The fraction of sp³-hybridized carbons (Fsp3) is 0. The third-order valence-corrected chi connectivity index (χ3v) is 10.9. The molecule has 0 bridgehead atoms. The van der Waals surface area contributed by atoms with Crippen LogP contribution in [0.25, 0.3) is 111 Å². The lowest BCUT2D eigenvalue weighted by molar-refractivity contribution is 0.635. The van der Waals surface area contributed by atoms with Gasteiger partial charge in [-0.1, -0.05) is 127 Å². The molecule has 59 heavy (non-hydrogen) atoms. The highest BCUT2D eigenvalue weighted by atomic mass is 16.3. The van der Waals surface area contributed by atoms with Gasteiger partial charge in [-0.3, -0.25) is 9.97 Å². The molecule has 5 aromatic heterocycles. The van der Waals surface area contributed by atoms with Crippen LogP contribution in [0.5, 0.6) is 0 Å². The van der Waals surface area contributed by atoms with Crippen LogP contribution in [0.1, 0.15) is 0 Å². The van der Waals surface area contributed by atoms with Gasteiger partial charge in [-0.15, -0.1) is 0 Å². The van der Waals surface area contributed by atoms with E-state index in [1.165, 1.54) is 5.39 Å². The Labute approximate surface area is 340 Å². The van der Waals surface area contributed by atoms with Crippen molar-refractivity contribution in [1.82, 2.24) is 24.9 Å². The second-order valence-electron chi connectivity index (χ2n) is 14.5. The Kier molecular flexibility index (Phi) is 8.37. The van der Waals surface area contributed by atoms with Crippen LogP contribution in [0.15, 0.2) is 205 Å². The normalized spacial score (nSPS) is 11.4. The molecule has 6 nitrogen and oxygen atoms in total. The van der Waals surface area contributed by atoms with Crippen molar-refractivity contribution in [2.24, 2.45) is 0 Å². The highest BCUT2D eigenvalue weighted by Gasteiger charge is 2.25. The predicted octanol–water partition coefficient (Wildman–Crippen LogP) is 13.4. The van der Waals surface area contributed by atoms with E-state index in [2.05, 4.69) is 113 Å². The molecule has 0 amide bonds. The minimum Gasteiger partial charge on any atom is -0.455 e. The molecule has 0 atom stereocenters. The first kappa shape index (κ1) is 34.2. The van der Waals surface area contributed by atoms with Crippen molar-refractivity contribution >= 4 is 32.6 Å². The van der Waals surface area contributed by atoms with Crippen LogP contribution < -0.4 is 0 Å². The minimum atomic E-state index is 0.692. The highest BCUT2D eigenvalue weighted by molar-refractivity contribution is 6.17. The van der Waals surface area contributed by atoms with Crippen molar-refractivity contribution in [1.29, 1.82) is 0 Å². The first-order valence-electron chi connectivity index (χ1n) is 19.5. The van der Waals surface area contributed by atoms with Gasteiger partial charge in [0.25, 0.3) is 0 Å². The van der Waals surface area contributed by atoms with Gasteiger partial charge in [0.05, 0.1) is 28.0 Å². The molecule has 11 rings (SSSR count). The molecule has 276 valence electrons. The predicted molar refractivity (Wildman–Crippen MR) is 238 cm³/mol. The molecule has 0 spiro atoms. The summed E-state index contributed by atoms with van der Waals surface area (Å²) in [6, 6.07) is 60.5. The smallest absolute Gasteiger partial charge is 0.160 e. The van der Waals surface area contributed by atoms with E-state index in [-0.39, 0.29) is 0 Å². The monoisotopic (exact) mass is 755 g/mol. The van der Waals surface area contributed by atoms with Gasteiger partial charge in [-0.25, -0.2) is 15.0 Å². The lowest BCUT2D eigenvalue weighted by Crippen LogP contribution is -1.95. The fourth-order valence-electron chi connectivity index (χ4n) is 7.97. The Morgan fingerprint density at radius 3 is 1.66 bits per heavy atom. The number of fused-ring (bicyclic) bond motifs is 4. The molecule has 0 aliphatic heterocycles. The molecule has 0 aliphatic carbocycles. The quantitative estimate of drug-likeness (QED) is 0.161. The van der Waals surface area contributed by atoms with E-state index in [0.29, 0.717) is 5.82 Å². The number of furan rings is 1. The first-order valence-corrected chi connectivity index (χ1v) is 19.5. The Hall–Kier alpha value is -8.09. The van der Waals surface area contributed by atoms with Gasteiger partial charge < -0.3 is 4.42 Å². The highest BCUT2D eigenvalue weighted by Crippen LogP contribution is 2.47. The number of rotatable bonds is 7. The van der Waals surface area contributed by atoms with Crippen molar-refractivity contribution in [2.45, 2.75) is 0 Å². The molecule has 0 fully saturated rings. The Morgan fingerprint density at radius 2 is 0.949 bits per heavy atom. The van der Waals surface area contributed by atoms with Crippen LogP contribution in [-0.2, 0) is 0 Å². The molecule has 0 unspecified atom stereocenters. The summed E-state index contributed by atoms with van der Waals surface area (Å²) in [4.78, 5) is 24.1. The summed E-state index contributed by atoms with van der Waals surface area (Å²) in [5.74, 6) is 1.46. The number of pyridine rings is 3. The number of benzene rings is 6. The maximum atomic E-state index is 7.00. The largest absolute Gasteiger partial charge is 0.455 e. The molecular weight excluding hydrogens is 723 g/mol. The van der Waals surface area contributed by atoms with Gasteiger partial charge >= 0.3 is 0 Å². The third-order valence-electron chi connectivity index (χ3n) is 10.9. The van der Waals surface area contributed by atoms with Crippen LogP contribution in [0.4, 0.5) is 0 Å². The van der Waals surface area contributed by atoms with Crippen molar-refractivity contribution in [3.8, 4) is 78.7 Å². The van der Waals surface area contributed by atoms with E-state index in [1.54, 1.807) is 12.4 Å². The standard InChI is InChI=1S/C53H33N5O/c1-3-10-36(11-4-1)45-33-46(58-53(57-45)40-12-5-2-6-13-40)37-18-15-35(16-19-37)42-21-22-44-47(32-42)56-50(43-20-17-34-9-7-8-14-41(34)31-43)49-48(38-23-27-54-28-24-38)51(59-52(44)49)39-25-29-55-30-26-39/h1-33H. The zero-order chi connectivity index (χ0) is 39.1. The van der Waals surface area contributed by atoms with Crippen LogP contribution in [0, 0.1) is 0 Å². The molecular formula is C53H33N5O. The van der Waals surface area contributed by atoms with E-state index >= 15 is 0 Å². The van der Waals surface area contributed by atoms with E-state index in [0.717, 1.165) is 100 Å². The van der Waals surface area contributed by atoms with E-state index < -0.39 is 0 Å². The van der Waals surface area contributed by atoms with Gasteiger partial charge in [-0.2, -0.15) is 0 Å². The molecule has 0 saturated carbocycles. The molecule has 11 aromatic rings. The summed E-state index contributed by atoms with van der Waals surface area (Å²) in [6.07, 6.45) is 7.24. The summed E-state index contributed by atoms with van der Waals surface area (Å²) in [6.45, 7) is 0. The fourth-order valence-corrected chi connectivity index (χ4v) is 7.97. The maximum Gasteiger partial charge on any atom is 0.160 e. The van der Waals surface area contributed by atoms with Crippen LogP contribution >= 0.6 is 0 Å². The molecule has 6 aromatic carbocycles. The number of nitrogens with zero attached hydrogens (tertiary/aromatic N) is 5. The van der Waals surface area contributed by atoms with Crippen LogP contribution in [0.3, 0.4) is 0 Å². The summed E-state index contributed by atoms with van der Waals surface area (Å²) in [7, 11) is 0. The van der Waals surface area contributed by atoms with Crippen molar-refractivity contribution in [2.75, 3.05) is 0 Å². The van der Waals surface area contributed by atoms with Gasteiger partial charge in [0, 0.05) is 63.6 Å². The topological polar surface area (TPSA) is 77.6 Å². The minimum absolute atomic E-state index is 0.692. The molecule has 0 N–H and O–H groups in total. The van der Waals surface area contributed by atoms with E-state index in [4.69, 9.17) is 19.4 Å². The molecule has 0 saturated heterocycles. The average Bonchev–Trinajstić information content (AvgIpc) is 3.73. The zero-order valence-electron chi connectivity index (χ0n) is 31.7. The number of hydrogen-bond donors (Lipinski definition) is 0. The van der Waals surface area contributed by atoms with Crippen molar-refractivity contribution in [3.63, 3.8) is 0 Å². The van der Waals surface area contributed by atoms with Gasteiger partial charge in [0.2, 0.25) is 0 Å². The summed E-state index contributed by atoms with van der Waals surface area (Å²) in [5, 5.41) is 4.21. The molecule has 0 radical (unpaired) electrons. The lowest BCUT2D eigenvalue weighted by atomic mass is 9.94. The number of hydrogen-bond acceptors (Lipinski definition) is 6.